The Labute approximate surface area is 118 Å². The number of aliphatic hydroxyl groups is 1. The molecular weight excluding hydrogens is 267 g/mol. The van der Waals surface area contributed by atoms with E-state index in [-0.39, 0.29) is 17.5 Å². The van der Waals surface area contributed by atoms with Crippen molar-refractivity contribution in [2.45, 2.75) is 44.8 Å². The molecule has 1 aliphatic rings. The molecule has 0 amide bonds. The number of rotatable bonds is 3. The first-order valence-corrected chi connectivity index (χ1v) is 7.06. The lowest BCUT2D eigenvalue weighted by Gasteiger charge is -2.38. The lowest BCUT2D eigenvalue weighted by atomic mass is 9.82. The van der Waals surface area contributed by atoms with Gasteiger partial charge in [-0.2, -0.15) is 0 Å². The van der Waals surface area contributed by atoms with Crippen LogP contribution in [0.15, 0.2) is 18.2 Å². The number of benzene rings is 1. The lowest BCUT2D eigenvalue weighted by molar-refractivity contribution is -0.116. The molecule has 2 atom stereocenters. The largest absolute Gasteiger partial charge is 0.389 e. The van der Waals surface area contributed by atoms with Crippen molar-refractivity contribution >= 4 is 11.6 Å². The molecule has 1 N–H and O–H groups in total. The van der Waals surface area contributed by atoms with Crippen molar-refractivity contribution in [3.05, 3.63) is 34.6 Å². The number of hydrogen-bond acceptors (Lipinski definition) is 2. The first kappa shape index (κ1) is 14.8. The summed E-state index contributed by atoms with van der Waals surface area (Å²) in [6, 6.07) is 4.91. The van der Waals surface area contributed by atoms with Gasteiger partial charge in [-0.15, -0.1) is 0 Å². The van der Waals surface area contributed by atoms with Crippen LogP contribution < -0.4 is 0 Å². The van der Waals surface area contributed by atoms with Crippen LogP contribution in [-0.2, 0) is 11.2 Å². The summed E-state index contributed by atoms with van der Waals surface area (Å²) in [7, 11) is 0. The van der Waals surface area contributed by atoms with Crippen LogP contribution in [0.3, 0.4) is 0 Å². The fourth-order valence-electron chi connectivity index (χ4n) is 2.56. The molecule has 2 unspecified atom stereocenters. The van der Waals surface area contributed by atoms with E-state index in [1.165, 1.54) is 6.07 Å². The predicted octanol–water partition coefficient (Wildman–Crippen LogP) is 3.59. The Hall–Kier alpha value is -0.640. The van der Waals surface area contributed by atoms with Crippen LogP contribution in [0, 0.1) is 11.7 Å². The van der Waals surface area contributed by atoms with Crippen molar-refractivity contribution in [2.75, 3.05) is 6.61 Å². The molecule has 1 heterocycles. The summed E-state index contributed by atoms with van der Waals surface area (Å²) in [6.07, 6.45) is 1.38. The zero-order valence-corrected chi connectivity index (χ0v) is 12.1. The van der Waals surface area contributed by atoms with Gasteiger partial charge < -0.3 is 9.84 Å². The molecule has 0 spiro atoms. The second-order valence-corrected chi connectivity index (χ2v) is 6.13. The third-order valence-corrected chi connectivity index (χ3v) is 4.07. The monoisotopic (exact) mass is 286 g/mol. The van der Waals surface area contributed by atoms with Gasteiger partial charge in [0.1, 0.15) is 5.82 Å². The first-order valence-electron chi connectivity index (χ1n) is 6.68. The van der Waals surface area contributed by atoms with Crippen molar-refractivity contribution in [1.29, 1.82) is 0 Å². The van der Waals surface area contributed by atoms with Crippen LogP contribution >= 0.6 is 11.6 Å². The summed E-state index contributed by atoms with van der Waals surface area (Å²) < 4.78 is 19.6. The van der Waals surface area contributed by atoms with E-state index in [4.69, 9.17) is 16.3 Å². The minimum atomic E-state index is -0.904. The average Bonchev–Trinajstić information content (AvgIpc) is 2.35. The van der Waals surface area contributed by atoms with Gasteiger partial charge in [0.15, 0.2) is 0 Å². The molecule has 1 aromatic carbocycles. The van der Waals surface area contributed by atoms with E-state index in [1.54, 1.807) is 12.1 Å². The van der Waals surface area contributed by atoms with Gasteiger partial charge >= 0.3 is 0 Å². The van der Waals surface area contributed by atoms with E-state index >= 15 is 0 Å². The molecule has 2 nitrogen and oxygen atoms in total. The van der Waals surface area contributed by atoms with Crippen LogP contribution in [-0.4, -0.2) is 23.4 Å². The molecule has 1 fully saturated rings. The molecule has 1 saturated heterocycles. The summed E-state index contributed by atoms with van der Waals surface area (Å²) in [4.78, 5) is 0. The van der Waals surface area contributed by atoms with Crippen molar-refractivity contribution < 1.29 is 14.2 Å². The van der Waals surface area contributed by atoms with E-state index in [0.717, 1.165) is 0 Å². The van der Waals surface area contributed by atoms with Crippen LogP contribution in [0.1, 0.15) is 32.3 Å². The SMILES string of the molecule is CC(C)C1CC(O)(Cc2cccc(Cl)c2F)CCO1. The molecule has 4 heteroatoms. The van der Waals surface area contributed by atoms with Gasteiger partial charge in [0.2, 0.25) is 0 Å². The van der Waals surface area contributed by atoms with Crippen molar-refractivity contribution in [1.82, 2.24) is 0 Å². The highest BCUT2D eigenvalue weighted by molar-refractivity contribution is 6.30. The second kappa shape index (κ2) is 5.78. The molecule has 1 aliphatic heterocycles. The quantitative estimate of drug-likeness (QED) is 0.920. The fraction of sp³-hybridized carbons (Fsp3) is 0.600. The smallest absolute Gasteiger partial charge is 0.145 e. The van der Waals surface area contributed by atoms with Gasteiger partial charge in [-0.1, -0.05) is 37.6 Å². The molecule has 1 aromatic rings. The molecule has 106 valence electrons. The average molecular weight is 287 g/mol. The van der Waals surface area contributed by atoms with Crippen LogP contribution in [0.25, 0.3) is 0 Å². The maximum atomic E-state index is 13.9. The van der Waals surface area contributed by atoms with E-state index < -0.39 is 11.4 Å². The van der Waals surface area contributed by atoms with Crippen molar-refractivity contribution in [3.63, 3.8) is 0 Å². The molecule has 0 radical (unpaired) electrons. The Bertz CT molecular complexity index is 450. The van der Waals surface area contributed by atoms with Crippen LogP contribution in [0.2, 0.25) is 5.02 Å². The van der Waals surface area contributed by atoms with Gasteiger partial charge in [0, 0.05) is 19.4 Å². The van der Waals surface area contributed by atoms with E-state index in [1.807, 2.05) is 0 Å². The molecule has 19 heavy (non-hydrogen) atoms. The topological polar surface area (TPSA) is 29.5 Å². The molecular formula is C15H20ClFO2. The maximum absolute atomic E-state index is 13.9. The molecule has 0 bridgehead atoms. The van der Waals surface area contributed by atoms with E-state index in [9.17, 15) is 9.50 Å². The lowest BCUT2D eigenvalue weighted by Crippen LogP contribution is -2.44. The summed E-state index contributed by atoms with van der Waals surface area (Å²) in [5.41, 5.74) is -0.432. The maximum Gasteiger partial charge on any atom is 0.145 e. The third-order valence-electron chi connectivity index (χ3n) is 3.78. The van der Waals surface area contributed by atoms with E-state index in [0.29, 0.717) is 30.9 Å². The van der Waals surface area contributed by atoms with Crippen molar-refractivity contribution in [2.24, 2.45) is 5.92 Å². The predicted molar refractivity (Wildman–Crippen MR) is 73.9 cm³/mol. The summed E-state index contributed by atoms with van der Waals surface area (Å²) in [6.45, 7) is 4.65. The molecule has 0 saturated carbocycles. The summed E-state index contributed by atoms with van der Waals surface area (Å²) >= 11 is 5.77. The van der Waals surface area contributed by atoms with Crippen LogP contribution in [0.5, 0.6) is 0 Å². The summed E-state index contributed by atoms with van der Waals surface area (Å²) in [5, 5.41) is 10.8. The van der Waals surface area contributed by atoms with Crippen LogP contribution in [0.4, 0.5) is 4.39 Å². The minimum absolute atomic E-state index is 0.0287. The van der Waals surface area contributed by atoms with Gasteiger partial charge in [0.05, 0.1) is 16.7 Å². The Balaban J connectivity index is 2.14. The van der Waals surface area contributed by atoms with Gasteiger partial charge in [-0.3, -0.25) is 0 Å². The zero-order valence-electron chi connectivity index (χ0n) is 11.3. The normalized spacial score (nSPS) is 27.8. The highest BCUT2D eigenvalue weighted by Gasteiger charge is 2.37. The standard InChI is InChI=1S/C15H20ClFO2/c1-10(2)13-9-15(18,6-7-19-13)8-11-4-3-5-12(16)14(11)17/h3-5,10,13,18H,6-9H2,1-2H3. The minimum Gasteiger partial charge on any atom is -0.389 e. The Kier molecular flexibility index (Phi) is 4.49. The van der Waals surface area contributed by atoms with Gasteiger partial charge in [0.25, 0.3) is 0 Å². The molecule has 2 rings (SSSR count). The van der Waals surface area contributed by atoms with Crippen molar-refractivity contribution in [3.8, 4) is 0 Å². The second-order valence-electron chi connectivity index (χ2n) is 5.72. The third kappa shape index (κ3) is 3.47. The number of ether oxygens (including phenoxy) is 1. The number of halogens is 2. The van der Waals surface area contributed by atoms with Gasteiger partial charge in [-0.05, 0) is 24.0 Å². The van der Waals surface area contributed by atoms with E-state index in [2.05, 4.69) is 13.8 Å². The Morgan fingerprint density at radius 3 is 2.95 bits per heavy atom. The number of hydrogen-bond donors (Lipinski definition) is 1. The highest BCUT2D eigenvalue weighted by atomic mass is 35.5. The summed E-state index contributed by atoms with van der Waals surface area (Å²) in [5.74, 6) is -0.0822. The molecule has 0 aliphatic carbocycles. The zero-order chi connectivity index (χ0) is 14.0. The Morgan fingerprint density at radius 1 is 1.53 bits per heavy atom. The first-order chi connectivity index (χ1) is 8.91. The molecule has 0 aromatic heterocycles. The fourth-order valence-corrected chi connectivity index (χ4v) is 2.76. The Morgan fingerprint density at radius 2 is 2.26 bits per heavy atom. The highest BCUT2D eigenvalue weighted by Crippen LogP contribution is 2.32. The van der Waals surface area contributed by atoms with Gasteiger partial charge in [-0.25, -0.2) is 4.39 Å².